The second-order valence-corrected chi connectivity index (χ2v) is 18.3. The van der Waals surface area contributed by atoms with Gasteiger partial charge in [0.25, 0.3) is 11.8 Å². The Labute approximate surface area is 400 Å². The lowest BCUT2D eigenvalue weighted by molar-refractivity contribution is -0.139. The molecule has 67 heavy (non-hydrogen) atoms. The molecule has 18 heteroatoms. The van der Waals surface area contributed by atoms with Gasteiger partial charge in [-0.25, -0.2) is 4.98 Å². The first-order valence-electron chi connectivity index (χ1n) is 20.8. The van der Waals surface area contributed by atoms with Crippen LogP contribution in [0.5, 0.6) is 23.0 Å². The van der Waals surface area contributed by atoms with E-state index in [1.807, 2.05) is 24.3 Å². The van der Waals surface area contributed by atoms with Gasteiger partial charge < -0.3 is 19.3 Å². The van der Waals surface area contributed by atoms with E-state index >= 15 is 9.59 Å². The highest BCUT2D eigenvalue weighted by Crippen LogP contribution is 2.65. The smallest absolute Gasteiger partial charge is 0.417 e. The van der Waals surface area contributed by atoms with Crippen molar-refractivity contribution in [3.63, 3.8) is 0 Å². The van der Waals surface area contributed by atoms with E-state index in [1.165, 1.54) is 13.2 Å². The number of alkyl halides is 3. The zero-order valence-electron chi connectivity index (χ0n) is 35.6. The van der Waals surface area contributed by atoms with Crippen LogP contribution in [0.25, 0.3) is 12.2 Å². The molecule has 0 radical (unpaired) electrons. The molecule has 2 aliphatic carbocycles. The second-order valence-electron chi connectivity index (χ2n) is 16.5. The quantitative estimate of drug-likeness (QED) is 0.0787. The number of allylic oxidation sites excluding steroid dienone is 2. The summed E-state index contributed by atoms with van der Waals surface area (Å²) in [6.45, 7) is 0. The summed E-state index contributed by atoms with van der Waals surface area (Å²) in [4.78, 5) is 65.0. The van der Waals surface area contributed by atoms with Crippen LogP contribution in [-0.2, 0) is 30.8 Å². The molecule has 3 fully saturated rings. The summed E-state index contributed by atoms with van der Waals surface area (Å²) < 4.78 is 57.7. The molecule has 6 atom stereocenters. The minimum atomic E-state index is -4.79. The molecular formula is C49H38BrCl2F3N4O8. The van der Waals surface area contributed by atoms with Crippen LogP contribution >= 0.6 is 39.1 Å². The Morgan fingerprint density at radius 3 is 2.22 bits per heavy atom. The molecule has 2 aliphatic heterocycles. The summed E-state index contributed by atoms with van der Waals surface area (Å²) in [6, 6.07) is 22.3. The van der Waals surface area contributed by atoms with Gasteiger partial charge in [-0.15, -0.1) is 0 Å². The molecule has 344 valence electrons. The molecule has 9 rings (SSSR count). The number of fused-ring (bicyclic) bond motifs is 4. The molecule has 0 spiro atoms. The summed E-state index contributed by atoms with van der Waals surface area (Å²) in [5.41, 5.74) is 2.44. The number of phenols is 1. The fraction of sp³-hybridized carbons (Fsp3) is 0.245. The maximum atomic E-state index is 15.6. The first kappa shape index (κ1) is 45.8. The number of phenolic OH excluding ortho intramolecular Hbond substituents is 1. The van der Waals surface area contributed by atoms with Crippen LogP contribution < -0.4 is 24.5 Å². The van der Waals surface area contributed by atoms with Crippen molar-refractivity contribution in [2.24, 2.45) is 23.7 Å². The third kappa shape index (κ3) is 7.58. The van der Waals surface area contributed by atoms with Crippen molar-refractivity contribution in [3.05, 3.63) is 145 Å². The van der Waals surface area contributed by atoms with E-state index in [1.54, 1.807) is 80.9 Å². The number of amides is 4. The summed E-state index contributed by atoms with van der Waals surface area (Å²) in [6.07, 6.45) is 1.22. The molecule has 12 nitrogen and oxygen atoms in total. The van der Waals surface area contributed by atoms with Gasteiger partial charge in [0.15, 0.2) is 17.3 Å². The van der Waals surface area contributed by atoms with E-state index in [2.05, 4.69) is 26.3 Å². The van der Waals surface area contributed by atoms with E-state index in [-0.39, 0.29) is 29.9 Å². The van der Waals surface area contributed by atoms with Crippen LogP contribution in [0.3, 0.4) is 0 Å². The van der Waals surface area contributed by atoms with Crippen LogP contribution in [0.15, 0.2) is 107 Å². The third-order valence-corrected chi connectivity index (χ3v) is 14.2. The molecule has 4 aliphatic rings. The van der Waals surface area contributed by atoms with Gasteiger partial charge in [-0.3, -0.25) is 29.5 Å². The zero-order valence-corrected chi connectivity index (χ0v) is 38.7. The molecule has 6 unspecified atom stereocenters. The van der Waals surface area contributed by atoms with Crippen molar-refractivity contribution in [3.8, 4) is 23.0 Å². The Kier molecular flexibility index (Phi) is 11.9. The average molecular weight is 1020 g/mol. The second kappa shape index (κ2) is 17.4. The van der Waals surface area contributed by atoms with Crippen molar-refractivity contribution in [2.45, 2.75) is 30.4 Å². The predicted molar refractivity (Wildman–Crippen MR) is 247 cm³/mol. The molecule has 4 amide bonds. The number of carbonyl (C=O) groups is 4. The fourth-order valence-electron chi connectivity index (χ4n) is 10.2. The number of methoxy groups -OCH3 is 3. The minimum absolute atomic E-state index is 0.0373. The van der Waals surface area contributed by atoms with Crippen molar-refractivity contribution in [1.29, 1.82) is 0 Å². The summed E-state index contributed by atoms with van der Waals surface area (Å²) in [5.74, 6) is -7.20. The van der Waals surface area contributed by atoms with Gasteiger partial charge in [0.2, 0.25) is 11.8 Å². The lowest BCUT2D eigenvalue weighted by Crippen LogP contribution is -2.53. The van der Waals surface area contributed by atoms with Crippen molar-refractivity contribution in [1.82, 2.24) is 9.99 Å². The number of nitrogens with zero attached hydrogens (tertiary/aromatic N) is 3. The number of carbonyl (C=O) groups excluding carboxylic acids is 4. The number of pyridine rings is 1. The number of benzene rings is 4. The molecule has 5 aromatic rings. The highest BCUT2D eigenvalue weighted by Gasteiger charge is 2.71. The van der Waals surface area contributed by atoms with Crippen LogP contribution in [0.4, 0.5) is 24.7 Å². The van der Waals surface area contributed by atoms with E-state index in [0.717, 1.165) is 16.0 Å². The lowest BCUT2D eigenvalue weighted by atomic mass is 9.49. The monoisotopic (exact) mass is 1020 g/mol. The molecule has 2 N–H and O–H groups in total. The van der Waals surface area contributed by atoms with Gasteiger partial charge in [-0.05, 0) is 90.6 Å². The Morgan fingerprint density at radius 2 is 1.57 bits per heavy atom. The first-order valence-corrected chi connectivity index (χ1v) is 22.3. The first-order chi connectivity index (χ1) is 32.0. The van der Waals surface area contributed by atoms with Crippen LogP contribution in [0.2, 0.25) is 10.0 Å². The standard InChI is InChI=1S/C49H38BrCl2F3N4O8/c1-65-31-14-17-38(66-2)25(18-31)7-4-24-5-12-30(13-6-24)58-44(61)33-16-15-32-34(40(33)46(58)63)22-36-45(62)59(57-43-37(52)19-27(23-56-43)49(53,54)55)47(64)48(36,26-8-10-29(51)11-9-26)41(32)35-20-28(50)21-39(67-3)42(35)60/h4-15,17-21,23,33-34,36,40-41,60H,16,22H2,1-3H3,(H,56,57). The Balaban J connectivity index is 1.14. The van der Waals surface area contributed by atoms with Crippen LogP contribution in [-0.4, -0.2) is 60.1 Å². The highest BCUT2D eigenvalue weighted by molar-refractivity contribution is 9.10. The maximum Gasteiger partial charge on any atom is 0.417 e. The number of ether oxygens (including phenoxy) is 3. The Hall–Kier alpha value is -6.36. The van der Waals surface area contributed by atoms with E-state index in [0.29, 0.717) is 55.1 Å². The number of hydrazine groups is 1. The number of hydrogen-bond donors (Lipinski definition) is 2. The van der Waals surface area contributed by atoms with Crippen molar-refractivity contribution < 1.29 is 51.7 Å². The van der Waals surface area contributed by atoms with Crippen LogP contribution in [0, 0.1) is 23.7 Å². The number of halogens is 6. The minimum Gasteiger partial charge on any atom is -0.504 e. The number of anilines is 2. The number of hydrogen-bond acceptors (Lipinski definition) is 10. The molecule has 3 heterocycles. The largest absolute Gasteiger partial charge is 0.504 e. The van der Waals surface area contributed by atoms with Crippen LogP contribution in [0.1, 0.15) is 46.6 Å². The lowest BCUT2D eigenvalue weighted by Gasteiger charge is -2.50. The van der Waals surface area contributed by atoms with Gasteiger partial charge in [-0.1, -0.05) is 87.2 Å². The molecular weight excluding hydrogens is 980 g/mol. The number of imide groups is 2. The number of nitrogens with one attached hydrogen (secondary N) is 1. The normalized spacial score (nSPS) is 23.5. The fourth-order valence-corrected chi connectivity index (χ4v) is 11.0. The van der Waals surface area contributed by atoms with Gasteiger partial charge in [0.1, 0.15) is 11.5 Å². The number of aromatic nitrogens is 1. The number of rotatable bonds is 10. The summed E-state index contributed by atoms with van der Waals surface area (Å²) in [5, 5.41) is 12.5. The van der Waals surface area contributed by atoms with Crippen molar-refractivity contribution >= 4 is 86.4 Å². The van der Waals surface area contributed by atoms with Gasteiger partial charge in [0, 0.05) is 32.7 Å². The van der Waals surface area contributed by atoms with E-state index < -0.39 is 81.2 Å². The third-order valence-electron chi connectivity index (χ3n) is 13.2. The topological polar surface area (TPSA) is 148 Å². The van der Waals surface area contributed by atoms with E-state index in [9.17, 15) is 27.9 Å². The molecule has 2 saturated heterocycles. The SMILES string of the molecule is COc1ccc(OC)c(C=Cc2ccc(N3C(=O)C4CC=C5C(CC6C(=O)N(Nc7ncc(C(F)(F)F)cc7Cl)C(=O)C6(c6ccc(Cl)cc6)C5c5cc(Br)cc(OC)c5O)C4C3=O)cc2)c1. The van der Waals surface area contributed by atoms with Crippen molar-refractivity contribution in [2.75, 3.05) is 31.7 Å². The predicted octanol–water partition coefficient (Wildman–Crippen LogP) is 10.3. The Bertz CT molecular complexity index is 2930. The average Bonchev–Trinajstić information content (AvgIpc) is 3.69. The number of aromatic hydroxyl groups is 1. The maximum absolute atomic E-state index is 15.6. The summed E-state index contributed by atoms with van der Waals surface area (Å²) >= 11 is 16.2. The molecule has 1 aromatic heterocycles. The zero-order chi connectivity index (χ0) is 47.7. The van der Waals surface area contributed by atoms with Gasteiger partial charge in [-0.2, -0.15) is 18.2 Å². The van der Waals surface area contributed by atoms with Gasteiger partial charge >= 0.3 is 6.18 Å². The Morgan fingerprint density at radius 1 is 0.851 bits per heavy atom. The molecule has 1 saturated carbocycles. The molecule has 4 aromatic carbocycles. The highest BCUT2D eigenvalue weighted by atomic mass is 79.9. The molecule has 0 bridgehead atoms. The summed E-state index contributed by atoms with van der Waals surface area (Å²) in [7, 11) is 4.49. The van der Waals surface area contributed by atoms with E-state index in [4.69, 9.17) is 37.4 Å². The van der Waals surface area contributed by atoms with Gasteiger partial charge in [0.05, 0.1) is 60.8 Å².